The number of rotatable bonds is 2. The van der Waals surface area contributed by atoms with E-state index in [9.17, 15) is 4.79 Å². The highest BCUT2D eigenvalue weighted by Crippen LogP contribution is 2.30. The Morgan fingerprint density at radius 3 is 3.00 bits per heavy atom. The summed E-state index contributed by atoms with van der Waals surface area (Å²) < 4.78 is 5.84. The van der Waals surface area contributed by atoms with Gasteiger partial charge in [-0.15, -0.1) is 0 Å². The van der Waals surface area contributed by atoms with Gasteiger partial charge in [0.05, 0.1) is 6.04 Å². The number of hydrogen-bond acceptors (Lipinski definition) is 3. The zero-order valence-electron chi connectivity index (χ0n) is 10.8. The standard InChI is InChI=1S/C15H17NO3/c1-9-5-6-13-10(7-9)8-14(19-13)11-3-2-4-12(16-11)15(17)18/h5-8,11-12,16H,2-4H2,1H3,(H,17,18). The summed E-state index contributed by atoms with van der Waals surface area (Å²) in [5, 5.41) is 13.3. The van der Waals surface area contributed by atoms with Crippen molar-refractivity contribution in [1.82, 2.24) is 5.32 Å². The van der Waals surface area contributed by atoms with Gasteiger partial charge in [0.2, 0.25) is 0 Å². The molecule has 0 aliphatic carbocycles. The summed E-state index contributed by atoms with van der Waals surface area (Å²) in [4.78, 5) is 11.1. The normalized spacial score (nSPS) is 23.6. The largest absolute Gasteiger partial charge is 0.480 e. The molecule has 0 amide bonds. The Kier molecular flexibility index (Phi) is 3.03. The molecule has 1 fully saturated rings. The molecule has 1 aliphatic rings. The smallest absolute Gasteiger partial charge is 0.320 e. The van der Waals surface area contributed by atoms with Crippen molar-refractivity contribution >= 4 is 16.9 Å². The molecule has 19 heavy (non-hydrogen) atoms. The fourth-order valence-electron chi connectivity index (χ4n) is 2.71. The minimum Gasteiger partial charge on any atom is -0.480 e. The molecule has 4 heteroatoms. The number of carboxylic acids is 1. The van der Waals surface area contributed by atoms with Crippen LogP contribution < -0.4 is 5.32 Å². The quantitative estimate of drug-likeness (QED) is 0.870. The summed E-state index contributed by atoms with van der Waals surface area (Å²) in [6.45, 7) is 2.05. The molecule has 100 valence electrons. The molecule has 0 radical (unpaired) electrons. The van der Waals surface area contributed by atoms with Crippen LogP contribution in [0.1, 0.15) is 36.6 Å². The first-order valence-electron chi connectivity index (χ1n) is 6.62. The lowest BCUT2D eigenvalue weighted by Crippen LogP contribution is -2.42. The van der Waals surface area contributed by atoms with E-state index >= 15 is 0 Å². The number of aliphatic carboxylic acids is 1. The van der Waals surface area contributed by atoms with E-state index in [1.54, 1.807) is 0 Å². The van der Waals surface area contributed by atoms with Crippen molar-refractivity contribution in [2.24, 2.45) is 0 Å². The van der Waals surface area contributed by atoms with Crippen molar-refractivity contribution in [2.75, 3.05) is 0 Å². The average molecular weight is 259 g/mol. The van der Waals surface area contributed by atoms with E-state index in [1.807, 2.05) is 25.1 Å². The molecule has 1 saturated heterocycles. The number of furan rings is 1. The van der Waals surface area contributed by atoms with Gasteiger partial charge >= 0.3 is 5.97 Å². The van der Waals surface area contributed by atoms with Crippen molar-refractivity contribution in [2.45, 2.75) is 38.3 Å². The van der Waals surface area contributed by atoms with Crippen LogP contribution in [0.15, 0.2) is 28.7 Å². The van der Waals surface area contributed by atoms with E-state index in [0.29, 0.717) is 6.42 Å². The molecule has 2 unspecified atom stereocenters. The third-order valence-corrected chi connectivity index (χ3v) is 3.72. The van der Waals surface area contributed by atoms with Crippen LogP contribution >= 0.6 is 0 Å². The summed E-state index contributed by atoms with van der Waals surface area (Å²) in [5.41, 5.74) is 2.06. The van der Waals surface area contributed by atoms with E-state index in [-0.39, 0.29) is 6.04 Å². The minimum absolute atomic E-state index is 0.00237. The number of aryl methyl sites for hydroxylation is 1. The van der Waals surface area contributed by atoms with E-state index < -0.39 is 12.0 Å². The first kappa shape index (κ1) is 12.2. The first-order chi connectivity index (χ1) is 9.13. The van der Waals surface area contributed by atoms with E-state index in [0.717, 1.165) is 29.6 Å². The lowest BCUT2D eigenvalue weighted by atomic mass is 9.97. The summed E-state index contributed by atoms with van der Waals surface area (Å²) >= 11 is 0. The summed E-state index contributed by atoms with van der Waals surface area (Å²) in [6, 6.07) is 7.62. The Labute approximate surface area is 111 Å². The molecule has 2 heterocycles. The second kappa shape index (κ2) is 4.70. The van der Waals surface area contributed by atoms with Crippen molar-refractivity contribution in [3.05, 3.63) is 35.6 Å². The molecular weight excluding hydrogens is 242 g/mol. The predicted molar refractivity (Wildman–Crippen MR) is 72.1 cm³/mol. The number of nitrogens with one attached hydrogen (secondary N) is 1. The lowest BCUT2D eigenvalue weighted by Gasteiger charge is -2.26. The van der Waals surface area contributed by atoms with Crippen molar-refractivity contribution in [3.63, 3.8) is 0 Å². The van der Waals surface area contributed by atoms with Gasteiger partial charge in [-0.3, -0.25) is 10.1 Å². The van der Waals surface area contributed by atoms with Gasteiger partial charge in [-0.25, -0.2) is 0 Å². The van der Waals surface area contributed by atoms with Gasteiger partial charge in [0.25, 0.3) is 0 Å². The maximum absolute atomic E-state index is 11.1. The van der Waals surface area contributed by atoms with Gasteiger partial charge in [0.15, 0.2) is 0 Å². The molecular formula is C15H17NO3. The summed E-state index contributed by atoms with van der Waals surface area (Å²) in [6.07, 6.45) is 2.51. The van der Waals surface area contributed by atoms with Crippen molar-refractivity contribution < 1.29 is 14.3 Å². The molecule has 0 spiro atoms. The van der Waals surface area contributed by atoms with Crippen LogP contribution in [0.4, 0.5) is 0 Å². The van der Waals surface area contributed by atoms with Gasteiger partial charge < -0.3 is 9.52 Å². The fraction of sp³-hybridized carbons (Fsp3) is 0.400. The van der Waals surface area contributed by atoms with Crippen LogP contribution in [0.5, 0.6) is 0 Å². The number of fused-ring (bicyclic) bond motifs is 1. The first-order valence-corrected chi connectivity index (χ1v) is 6.62. The maximum Gasteiger partial charge on any atom is 0.320 e. The van der Waals surface area contributed by atoms with E-state index in [2.05, 4.69) is 11.4 Å². The highest BCUT2D eigenvalue weighted by Gasteiger charge is 2.28. The number of carboxylic acid groups (broad SMARTS) is 1. The molecule has 1 aliphatic heterocycles. The van der Waals surface area contributed by atoms with Crippen LogP contribution in [0, 0.1) is 6.92 Å². The van der Waals surface area contributed by atoms with Gasteiger partial charge in [-0.05, 0) is 44.4 Å². The number of hydrogen-bond donors (Lipinski definition) is 2. The van der Waals surface area contributed by atoms with Gasteiger partial charge in [-0.1, -0.05) is 11.6 Å². The topological polar surface area (TPSA) is 62.5 Å². The SMILES string of the molecule is Cc1ccc2oc(C3CCCC(C(=O)O)N3)cc2c1. The summed E-state index contributed by atoms with van der Waals surface area (Å²) in [7, 11) is 0. The number of piperidine rings is 1. The Hall–Kier alpha value is -1.81. The van der Waals surface area contributed by atoms with E-state index in [4.69, 9.17) is 9.52 Å². The lowest BCUT2D eigenvalue weighted by molar-refractivity contribution is -0.140. The number of benzene rings is 1. The third-order valence-electron chi connectivity index (χ3n) is 3.72. The average Bonchev–Trinajstić information content (AvgIpc) is 2.81. The van der Waals surface area contributed by atoms with Crippen LogP contribution in [0.2, 0.25) is 0 Å². The van der Waals surface area contributed by atoms with Crippen LogP contribution in [0.25, 0.3) is 11.0 Å². The minimum atomic E-state index is -0.781. The van der Waals surface area contributed by atoms with Crippen LogP contribution in [0.3, 0.4) is 0 Å². The van der Waals surface area contributed by atoms with E-state index in [1.165, 1.54) is 5.56 Å². The second-order valence-corrected chi connectivity index (χ2v) is 5.23. The zero-order chi connectivity index (χ0) is 13.4. The third kappa shape index (κ3) is 2.36. The predicted octanol–water partition coefficient (Wildman–Crippen LogP) is 3.01. The molecule has 0 bridgehead atoms. The highest BCUT2D eigenvalue weighted by atomic mass is 16.4. The van der Waals surface area contributed by atoms with Crippen molar-refractivity contribution in [1.29, 1.82) is 0 Å². The molecule has 2 atom stereocenters. The molecule has 2 N–H and O–H groups in total. The van der Waals surface area contributed by atoms with Crippen molar-refractivity contribution in [3.8, 4) is 0 Å². The Balaban J connectivity index is 1.89. The maximum atomic E-state index is 11.1. The highest BCUT2D eigenvalue weighted by molar-refractivity contribution is 5.79. The molecule has 4 nitrogen and oxygen atoms in total. The van der Waals surface area contributed by atoms with Crippen LogP contribution in [-0.4, -0.2) is 17.1 Å². The van der Waals surface area contributed by atoms with Gasteiger partial charge in [0.1, 0.15) is 17.4 Å². The molecule has 1 aromatic carbocycles. The van der Waals surface area contributed by atoms with Gasteiger partial charge in [0, 0.05) is 5.39 Å². The number of carbonyl (C=O) groups is 1. The molecule has 1 aromatic heterocycles. The monoisotopic (exact) mass is 259 g/mol. The molecule has 2 aromatic rings. The Bertz CT molecular complexity index is 617. The second-order valence-electron chi connectivity index (χ2n) is 5.23. The summed E-state index contributed by atoms with van der Waals surface area (Å²) in [5.74, 6) is 0.0585. The van der Waals surface area contributed by atoms with Gasteiger partial charge in [-0.2, -0.15) is 0 Å². The fourth-order valence-corrected chi connectivity index (χ4v) is 2.71. The van der Waals surface area contributed by atoms with Crippen LogP contribution in [-0.2, 0) is 4.79 Å². The Morgan fingerprint density at radius 1 is 1.37 bits per heavy atom. The molecule has 3 rings (SSSR count). The zero-order valence-corrected chi connectivity index (χ0v) is 10.8. The molecule has 0 saturated carbocycles. The Morgan fingerprint density at radius 2 is 2.21 bits per heavy atom.